The summed E-state index contributed by atoms with van der Waals surface area (Å²) in [6.07, 6.45) is -5.19. The topological polar surface area (TPSA) is 114 Å². The Bertz CT molecular complexity index is 506. The van der Waals surface area contributed by atoms with Crippen LogP contribution in [-0.4, -0.2) is 28.8 Å². The van der Waals surface area contributed by atoms with Crippen LogP contribution in [0.3, 0.4) is 0 Å². The van der Waals surface area contributed by atoms with E-state index in [0.717, 1.165) is 5.56 Å². The van der Waals surface area contributed by atoms with E-state index in [1.807, 2.05) is 0 Å². The van der Waals surface area contributed by atoms with Gasteiger partial charge >= 0.3 is 12.1 Å². The van der Waals surface area contributed by atoms with Crippen molar-refractivity contribution in [2.75, 3.05) is 0 Å². The first-order chi connectivity index (χ1) is 9.87. The minimum atomic E-state index is -5.19. The lowest BCUT2D eigenvalue weighted by Gasteiger charge is -2.13. The summed E-state index contributed by atoms with van der Waals surface area (Å²) < 4.78 is 36.6. The highest BCUT2D eigenvalue weighted by molar-refractivity contribution is 5.80. The molecule has 0 saturated carbocycles. The summed E-state index contributed by atoms with van der Waals surface area (Å²) in [5.74, 6) is -2.92. The minimum Gasteiger partial charge on any atom is -0.542 e. The summed E-state index contributed by atoms with van der Waals surface area (Å²) in [5, 5.41) is 17.6. The van der Waals surface area contributed by atoms with Crippen molar-refractivity contribution >= 4 is 11.9 Å². The molecule has 0 aromatic heterocycles. The molecule has 0 aliphatic carbocycles. The molecule has 0 radical (unpaired) electrons. The molecule has 22 heavy (non-hydrogen) atoms. The fraction of sp³-hybridized carbons (Fsp3) is 0.385. The van der Waals surface area contributed by atoms with Crippen LogP contribution in [0, 0.1) is 0 Å². The van der Waals surface area contributed by atoms with Gasteiger partial charge < -0.3 is 25.5 Å². The highest BCUT2D eigenvalue weighted by Gasteiger charge is 2.29. The molecule has 124 valence electrons. The van der Waals surface area contributed by atoms with Gasteiger partial charge in [-0.1, -0.05) is 12.1 Å². The lowest BCUT2D eigenvalue weighted by atomic mass is 10.1. The third-order valence-corrected chi connectivity index (χ3v) is 2.10. The zero-order chi connectivity index (χ0) is 17.6. The first-order valence-electron chi connectivity index (χ1n) is 5.93. The van der Waals surface area contributed by atoms with Gasteiger partial charge in [-0.05, 0) is 17.7 Å². The van der Waals surface area contributed by atoms with Gasteiger partial charge in [0.2, 0.25) is 0 Å². The number of esters is 1. The van der Waals surface area contributed by atoms with Crippen LogP contribution in [0.15, 0.2) is 24.3 Å². The third-order valence-electron chi connectivity index (χ3n) is 2.10. The molecule has 9 heteroatoms. The summed E-state index contributed by atoms with van der Waals surface area (Å²) in [7, 11) is 0. The third kappa shape index (κ3) is 7.60. The van der Waals surface area contributed by atoms with Gasteiger partial charge in [0.25, 0.3) is 0 Å². The Morgan fingerprint density at radius 2 is 1.64 bits per heavy atom. The number of carboxylic acids is 1. The van der Waals surface area contributed by atoms with E-state index in [4.69, 9.17) is 19.7 Å². The van der Waals surface area contributed by atoms with Crippen molar-refractivity contribution in [3.05, 3.63) is 29.8 Å². The molecule has 0 aliphatic rings. The van der Waals surface area contributed by atoms with Crippen molar-refractivity contribution in [1.29, 1.82) is 0 Å². The Morgan fingerprint density at radius 3 is 1.91 bits per heavy atom. The number of hydrogen-bond donors (Lipinski definition) is 2. The molecule has 0 heterocycles. The fourth-order valence-corrected chi connectivity index (χ4v) is 0.908. The number of ether oxygens (including phenoxy) is 1. The van der Waals surface area contributed by atoms with E-state index in [-0.39, 0.29) is 12.6 Å². The van der Waals surface area contributed by atoms with Gasteiger partial charge in [-0.15, -0.1) is 0 Å². The monoisotopic (exact) mass is 323 g/mol. The fourth-order valence-electron chi connectivity index (χ4n) is 0.908. The predicted molar refractivity (Wildman–Crippen MR) is 66.0 cm³/mol. The lowest BCUT2D eigenvalue weighted by Crippen LogP contribution is -2.74. The molecular formula is C13H16F3NO5. The van der Waals surface area contributed by atoms with Gasteiger partial charge in [0.1, 0.15) is 11.7 Å². The second-order valence-electron chi connectivity index (χ2n) is 4.86. The Balaban J connectivity index is 0.000000534. The number of rotatable bonds is 3. The molecular weight excluding hydrogens is 307 g/mol. The van der Waals surface area contributed by atoms with Crippen LogP contribution >= 0.6 is 0 Å². The van der Waals surface area contributed by atoms with Gasteiger partial charge in [-0.3, -0.25) is 0 Å². The van der Waals surface area contributed by atoms with Gasteiger partial charge in [-0.2, -0.15) is 13.2 Å². The summed E-state index contributed by atoms with van der Waals surface area (Å²) in [6.45, 7) is 3.36. The highest BCUT2D eigenvalue weighted by Crippen LogP contribution is 2.14. The van der Waals surface area contributed by atoms with E-state index in [1.54, 1.807) is 38.1 Å². The number of carboxylic acid groups (broad SMARTS) is 1. The molecule has 6 nitrogen and oxygen atoms in total. The van der Waals surface area contributed by atoms with E-state index < -0.39 is 17.7 Å². The summed E-state index contributed by atoms with van der Waals surface area (Å²) in [5.41, 5.74) is 3.71. The number of hydrogen-bond acceptors (Lipinski definition) is 5. The summed E-state index contributed by atoms with van der Waals surface area (Å²) in [4.78, 5) is 20.2. The van der Waals surface area contributed by atoms with Crippen molar-refractivity contribution in [2.24, 2.45) is 0 Å². The maximum absolute atomic E-state index is 11.5. The normalized spacial score (nSPS) is 11.2. The molecule has 0 aliphatic heterocycles. The van der Waals surface area contributed by atoms with Crippen molar-refractivity contribution in [2.45, 2.75) is 32.2 Å². The SMILES string of the molecule is CC(C)([NH3+])C(=O)Oc1ccc(CO)cc1.O=C([O-])C(F)(F)F. The first-order valence-corrected chi connectivity index (χ1v) is 5.93. The molecule has 0 atom stereocenters. The van der Waals surface area contributed by atoms with Crippen molar-refractivity contribution in [3.63, 3.8) is 0 Å². The molecule has 1 aromatic carbocycles. The average Bonchev–Trinajstić information content (AvgIpc) is 2.38. The van der Waals surface area contributed by atoms with Crippen molar-refractivity contribution < 1.29 is 43.4 Å². The smallest absolute Gasteiger partial charge is 0.430 e. The van der Waals surface area contributed by atoms with Crippen LogP contribution in [0.1, 0.15) is 19.4 Å². The maximum atomic E-state index is 11.5. The molecule has 0 saturated heterocycles. The van der Waals surface area contributed by atoms with Crippen LogP contribution in [-0.2, 0) is 16.2 Å². The second kappa shape index (κ2) is 7.76. The maximum Gasteiger partial charge on any atom is 0.430 e. The molecule has 1 aromatic rings. The number of alkyl halides is 3. The van der Waals surface area contributed by atoms with E-state index >= 15 is 0 Å². The Labute approximate surface area is 124 Å². The number of aliphatic hydroxyl groups is 1. The second-order valence-corrected chi connectivity index (χ2v) is 4.86. The molecule has 0 bridgehead atoms. The molecule has 0 amide bonds. The van der Waals surface area contributed by atoms with Crippen LogP contribution in [0.2, 0.25) is 0 Å². The number of carbonyl (C=O) groups is 2. The highest BCUT2D eigenvalue weighted by atomic mass is 19.4. The van der Waals surface area contributed by atoms with Crippen molar-refractivity contribution in [3.8, 4) is 5.75 Å². The Hall–Kier alpha value is -2.13. The number of aliphatic carboxylic acids is 1. The van der Waals surface area contributed by atoms with E-state index in [9.17, 15) is 18.0 Å². The first kappa shape index (κ1) is 19.9. The lowest BCUT2D eigenvalue weighted by molar-refractivity contribution is -0.449. The molecule has 1 rings (SSSR count). The average molecular weight is 323 g/mol. The molecule has 0 unspecified atom stereocenters. The number of aliphatic hydroxyl groups excluding tert-OH is 1. The Morgan fingerprint density at radius 1 is 1.23 bits per heavy atom. The van der Waals surface area contributed by atoms with Gasteiger partial charge in [0.15, 0.2) is 5.54 Å². The van der Waals surface area contributed by atoms with E-state index in [0.29, 0.717) is 5.75 Å². The minimum absolute atomic E-state index is 0.0188. The predicted octanol–water partition coefficient (Wildman–Crippen LogP) is -0.597. The summed E-state index contributed by atoms with van der Waals surface area (Å²) >= 11 is 0. The van der Waals surface area contributed by atoms with Crippen molar-refractivity contribution in [1.82, 2.24) is 0 Å². The van der Waals surface area contributed by atoms with Gasteiger partial charge in [0.05, 0.1) is 6.61 Å². The number of benzene rings is 1. The largest absolute Gasteiger partial charge is 0.542 e. The molecule has 0 fully saturated rings. The van der Waals surface area contributed by atoms with E-state index in [2.05, 4.69) is 5.73 Å². The molecule has 0 spiro atoms. The van der Waals surface area contributed by atoms with Crippen LogP contribution < -0.4 is 15.6 Å². The standard InChI is InChI=1S/C11H15NO3.C2HF3O2/c1-11(2,12)10(14)15-9-5-3-8(7-13)4-6-9;3-2(4,5)1(6)7/h3-6,13H,7,12H2,1-2H3;(H,6,7). The quantitative estimate of drug-likeness (QED) is 0.570. The van der Waals surface area contributed by atoms with Crippen LogP contribution in [0.5, 0.6) is 5.75 Å². The van der Waals surface area contributed by atoms with Crippen LogP contribution in [0.4, 0.5) is 13.2 Å². The number of halogens is 3. The Kier molecular flexibility index (Phi) is 7.01. The van der Waals surface area contributed by atoms with E-state index in [1.165, 1.54) is 0 Å². The number of carbonyl (C=O) groups excluding carboxylic acids is 2. The van der Waals surface area contributed by atoms with Gasteiger partial charge in [-0.25, -0.2) is 4.79 Å². The number of quaternary nitrogens is 1. The molecule has 4 N–H and O–H groups in total. The zero-order valence-corrected chi connectivity index (χ0v) is 11.9. The van der Waals surface area contributed by atoms with Gasteiger partial charge in [0, 0.05) is 13.8 Å². The van der Waals surface area contributed by atoms with Crippen LogP contribution in [0.25, 0.3) is 0 Å². The summed E-state index contributed by atoms with van der Waals surface area (Å²) in [6, 6.07) is 6.71. The zero-order valence-electron chi connectivity index (χ0n) is 11.9.